The first-order chi connectivity index (χ1) is 17.1. The molecule has 0 aromatic heterocycles. The first-order valence-corrected chi connectivity index (χ1v) is 13.6. The van der Waals surface area contributed by atoms with E-state index in [2.05, 4.69) is 17.4 Å². The minimum atomic E-state index is -0.619. The maximum absolute atomic E-state index is 13.6. The van der Waals surface area contributed by atoms with E-state index in [1.54, 1.807) is 16.7 Å². The zero-order chi connectivity index (χ0) is 24.9. The Morgan fingerprint density at radius 2 is 1.54 bits per heavy atom. The monoisotopic (exact) mass is 508 g/mol. The molecular formula is C29H33ClN2O2S. The molecule has 3 aromatic rings. The summed E-state index contributed by atoms with van der Waals surface area (Å²) in [5, 5.41) is 3.60. The molecule has 0 spiro atoms. The molecule has 0 aliphatic carbocycles. The largest absolute Gasteiger partial charge is 0.354 e. The Morgan fingerprint density at radius 1 is 0.914 bits per heavy atom. The number of nitrogens with zero attached hydrogens (tertiary/aromatic N) is 1. The summed E-state index contributed by atoms with van der Waals surface area (Å²) in [6.07, 6.45) is 1.64. The number of benzene rings is 3. The van der Waals surface area contributed by atoms with E-state index in [1.807, 2.05) is 79.7 Å². The highest BCUT2D eigenvalue weighted by atomic mass is 35.5. The van der Waals surface area contributed by atoms with Gasteiger partial charge in [0.05, 0.1) is 0 Å². The maximum Gasteiger partial charge on any atom is 0.243 e. The van der Waals surface area contributed by atoms with E-state index >= 15 is 0 Å². The van der Waals surface area contributed by atoms with Gasteiger partial charge in [-0.2, -0.15) is 11.8 Å². The summed E-state index contributed by atoms with van der Waals surface area (Å²) in [6, 6.07) is 27.0. The maximum atomic E-state index is 13.6. The number of hydrogen-bond donors (Lipinski definition) is 1. The molecule has 0 saturated carbocycles. The highest BCUT2D eigenvalue weighted by molar-refractivity contribution is 7.98. The highest BCUT2D eigenvalue weighted by Crippen LogP contribution is 2.22. The fraction of sp³-hybridized carbons (Fsp3) is 0.310. The van der Waals surface area contributed by atoms with Crippen LogP contribution in [0.3, 0.4) is 0 Å². The standard InChI is InChI=1S/C29H33ClN2O2S/c1-2-18-31-29(34)27(20-23-11-5-3-6-12-23)32(21-25-15-9-10-16-26(25)30)28(33)17-19-35-22-24-13-7-4-8-14-24/h3-16,27H,2,17-22H2,1H3,(H,31,34)/t27-/m0/s1. The van der Waals surface area contributed by atoms with E-state index in [-0.39, 0.29) is 11.8 Å². The Kier molecular flexibility index (Phi) is 11.2. The number of amides is 2. The van der Waals surface area contributed by atoms with E-state index in [0.29, 0.717) is 36.7 Å². The minimum Gasteiger partial charge on any atom is -0.354 e. The fourth-order valence-corrected chi connectivity index (χ4v) is 4.88. The lowest BCUT2D eigenvalue weighted by atomic mass is 10.0. The van der Waals surface area contributed by atoms with Crippen LogP contribution in [0.2, 0.25) is 5.02 Å². The van der Waals surface area contributed by atoms with Crippen molar-refractivity contribution in [3.8, 4) is 0 Å². The van der Waals surface area contributed by atoms with Gasteiger partial charge in [-0.1, -0.05) is 97.4 Å². The molecule has 0 fully saturated rings. The molecule has 3 rings (SSSR count). The predicted octanol–water partition coefficient (Wildman–Crippen LogP) is 6.13. The number of carbonyl (C=O) groups excluding carboxylic acids is 2. The first-order valence-electron chi connectivity index (χ1n) is 12.0. The second-order valence-electron chi connectivity index (χ2n) is 8.40. The second-order valence-corrected chi connectivity index (χ2v) is 9.91. The molecule has 3 aromatic carbocycles. The Hall–Kier alpha value is -2.76. The summed E-state index contributed by atoms with van der Waals surface area (Å²) in [7, 11) is 0. The van der Waals surface area contributed by atoms with Crippen LogP contribution in [0.25, 0.3) is 0 Å². The Balaban J connectivity index is 1.79. The lowest BCUT2D eigenvalue weighted by molar-refractivity contribution is -0.141. The van der Waals surface area contributed by atoms with Crippen molar-refractivity contribution in [1.29, 1.82) is 0 Å². The third-order valence-corrected chi connectivity index (χ3v) is 7.09. The van der Waals surface area contributed by atoms with Crippen LogP contribution in [-0.2, 0) is 28.3 Å². The van der Waals surface area contributed by atoms with E-state index in [4.69, 9.17) is 11.6 Å². The molecule has 0 heterocycles. The van der Waals surface area contributed by atoms with Crippen LogP contribution >= 0.6 is 23.4 Å². The normalized spacial score (nSPS) is 11.6. The lowest BCUT2D eigenvalue weighted by Crippen LogP contribution is -2.50. The van der Waals surface area contributed by atoms with Gasteiger partial charge in [0, 0.05) is 42.5 Å². The number of rotatable bonds is 13. The zero-order valence-corrected chi connectivity index (χ0v) is 21.7. The van der Waals surface area contributed by atoms with Gasteiger partial charge in [-0.15, -0.1) is 0 Å². The van der Waals surface area contributed by atoms with Gasteiger partial charge in [0.2, 0.25) is 11.8 Å². The lowest BCUT2D eigenvalue weighted by Gasteiger charge is -2.32. The van der Waals surface area contributed by atoms with Gasteiger partial charge in [-0.25, -0.2) is 0 Å². The molecule has 0 aliphatic heterocycles. The summed E-state index contributed by atoms with van der Waals surface area (Å²) in [5.74, 6) is 1.36. The molecular weight excluding hydrogens is 476 g/mol. The first kappa shape index (κ1) is 26.8. The number of nitrogens with one attached hydrogen (secondary N) is 1. The third-order valence-electron chi connectivity index (χ3n) is 5.69. The van der Waals surface area contributed by atoms with Crippen LogP contribution in [0, 0.1) is 0 Å². The molecule has 2 amide bonds. The van der Waals surface area contributed by atoms with Crippen LogP contribution in [0.4, 0.5) is 0 Å². The van der Waals surface area contributed by atoms with Gasteiger partial charge in [0.1, 0.15) is 6.04 Å². The SMILES string of the molecule is CCCNC(=O)[C@H](Cc1ccccc1)N(Cc1ccccc1Cl)C(=O)CCSCc1ccccc1. The zero-order valence-electron chi connectivity index (χ0n) is 20.2. The predicted molar refractivity (Wildman–Crippen MR) is 146 cm³/mol. The molecule has 4 nitrogen and oxygen atoms in total. The average molecular weight is 509 g/mol. The van der Waals surface area contributed by atoms with Crippen molar-refractivity contribution in [3.05, 3.63) is 107 Å². The summed E-state index contributed by atoms with van der Waals surface area (Å²) >= 11 is 8.18. The van der Waals surface area contributed by atoms with Gasteiger partial charge in [0.25, 0.3) is 0 Å². The Labute approximate surface area is 218 Å². The van der Waals surface area contributed by atoms with Gasteiger partial charge < -0.3 is 10.2 Å². The van der Waals surface area contributed by atoms with Gasteiger partial charge in [0.15, 0.2) is 0 Å². The van der Waals surface area contributed by atoms with Crippen LogP contribution in [0.1, 0.15) is 36.5 Å². The minimum absolute atomic E-state index is 0.0435. The van der Waals surface area contributed by atoms with E-state index in [0.717, 1.165) is 23.3 Å². The van der Waals surface area contributed by atoms with Crippen LogP contribution < -0.4 is 5.32 Å². The molecule has 0 unspecified atom stereocenters. The molecule has 6 heteroatoms. The van der Waals surface area contributed by atoms with Gasteiger partial charge in [-0.3, -0.25) is 9.59 Å². The molecule has 184 valence electrons. The van der Waals surface area contributed by atoms with Crippen molar-refractivity contribution < 1.29 is 9.59 Å². The van der Waals surface area contributed by atoms with E-state index < -0.39 is 6.04 Å². The number of carbonyl (C=O) groups is 2. The van der Waals surface area contributed by atoms with Crippen molar-refractivity contribution in [2.75, 3.05) is 12.3 Å². The van der Waals surface area contributed by atoms with Gasteiger partial charge >= 0.3 is 0 Å². The van der Waals surface area contributed by atoms with Crippen molar-refractivity contribution in [2.24, 2.45) is 0 Å². The fourth-order valence-electron chi connectivity index (χ4n) is 3.80. The average Bonchev–Trinajstić information content (AvgIpc) is 2.89. The molecule has 0 saturated heterocycles. The second kappa shape index (κ2) is 14.6. The van der Waals surface area contributed by atoms with Crippen molar-refractivity contribution in [3.63, 3.8) is 0 Å². The van der Waals surface area contributed by atoms with Gasteiger partial charge in [-0.05, 0) is 29.2 Å². The van der Waals surface area contributed by atoms with Crippen molar-refractivity contribution in [1.82, 2.24) is 10.2 Å². The van der Waals surface area contributed by atoms with Crippen molar-refractivity contribution >= 4 is 35.2 Å². The van der Waals surface area contributed by atoms with E-state index in [9.17, 15) is 9.59 Å². The summed E-state index contributed by atoms with van der Waals surface area (Å²) in [6.45, 7) is 2.88. The topological polar surface area (TPSA) is 49.4 Å². The molecule has 0 radical (unpaired) electrons. The molecule has 0 bridgehead atoms. The quantitative estimate of drug-likeness (QED) is 0.282. The number of halogens is 1. The Bertz CT molecular complexity index is 1060. The molecule has 1 atom stereocenters. The molecule has 35 heavy (non-hydrogen) atoms. The number of thioether (sulfide) groups is 1. The van der Waals surface area contributed by atoms with Crippen molar-refractivity contribution in [2.45, 2.75) is 44.5 Å². The Morgan fingerprint density at radius 3 is 2.20 bits per heavy atom. The highest BCUT2D eigenvalue weighted by Gasteiger charge is 2.30. The summed E-state index contributed by atoms with van der Waals surface area (Å²) in [4.78, 5) is 28.6. The van der Waals surface area contributed by atoms with Crippen LogP contribution in [-0.4, -0.2) is 35.1 Å². The van der Waals surface area contributed by atoms with Crippen LogP contribution in [0.5, 0.6) is 0 Å². The molecule has 0 aliphatic rings. The van der Waals surface area contributed by atoms with Crippen LogP contribution in [0.15, 0.2) is 84.9 Å². The summed E-state index contributed by atoms with van der Waals surface area (Å²) in [5.41, 5.74) is 3.08. The molecule has 1 N–H and O–H groups in total. The number of hydrogen-bond acceptors (Lipinski definition) is 3. The smallest absolute Gasteiger partial charge is 0.243 e. The summed E-state index contributed by atoms with van der Waals surface area (Å²) < 4.78 is 0. The van der Waals surface area contributed by atoms with E-state index in [1.165, 1.54) is 5.56 Å². The third kappa shape index (κ3) is 8.75.